The first-order valence-electron chi connectivity index (χ1n) is 9.99. The summed E-state index contributed by atoms with van der Waals surface area (Å²) in [5.74, 6) is 1.54. The average molecular weight is 388 g/mol. The van der Waals surface area contributed by atoms with Gasteiger partial charge in [0.15, 0.2) is 11.5 Å². The maximum atomic E-state index is 12.6. The molecule has 4 rings (SSSR count). The SMILES string of the molecule is NC(=O)C1CCN(CC(=O)N2CCN(Cc3ccc4c(c3)OCO4)CC2)CC1. The van der Waals surface area contributed by atoms with Crippen LogP contribution >= 0.6 is 0 Å². The van der Waals surface area contributed by atoms with Crippen LogP contribution in [0.3, 0.4) is 0 Å². The van der Waals surface area contributed by atoms with E-state index in [2.05, 4.69) is 15.9 Å². The van der Waals surface area contributed by atoms with Gasteiger partial charge in [-0.3, -0.25) is 19.4 Å². The van der Waals surface area contributed by atoms with Crippen LogP contribution in [-0.2, 0) is 16.1 Å². The zero-order chi connectivity index (χ0) is 19.5. The summed E-state index contributed by atoms with van der Waals surface area (Å²) in [4.78, 5) is 30.3. The summed E-state index contributed by atoms with van der Waals surface area (Å²) in [6.07, 6.45) is 1.51. The number of benzene rings is 1. The topological polar surface area (TPSA) is 88.3 Å². The van der Waals surface area contributed by atoms with Gasteiger partial charge in [-0.15, -0.1) is 0 Å². The number of nitrogens with two attached hydrogens (primary N) is 1. The van der Waals surface area contributed by atoms with Gasteiger partial charge in [0.2, 0.25) is 18.6 Å². The highest BCUT2D eigenvalue weighted by atomic mass is 16.7. The Morgan fingerprint density at radius 3 is 2.39 bits per heavy atom. The molecular weight excluding hydrogens is 360 g/mol. The molecule has 8 heteroatoms. The molecule has 1 aromatic carbocycles. The second kappa shape index (κ2) is 8.36. The fraction of sp³-hybridized carbons (Fsp3) is 0.600. The molecule has 8 nitrogen and oxygen atoms in total. The van der Waals surface area contributed by atoms with E-state index < -0.39 is 0 Å². The molecule has 2 amide bonds. The maximum Gasteiger partial charge on any atom is 0.236 e. The highest BCUT2D eigenvalue weighted by Gasteiger charge is 2.27. The lowest BCUT2D eigenvalue weighted by molar-refractivity contribution is -0.134. The summed E-state index contributed by atoms with van der Waals surface area (Å²) in [5, 5.41) is 0. The summed E-state index contributed by atoms with van der Waals surface area (Å²) >= 11 is 0. The van der Waals surface area contributed by atoms with Crippen molar-refractivity contribution in [3.05, 3.63) is 23.8 Å². The standard InChI is InChI=1S/C20H28N4O4/c21-20(26)16-3-5-22(6-4-16)13-19(25)24-9-7-23(8-10-24)12-15-1-2-17-18(11-15)28-14-27-17/h1-2,11,16H,3-10,12-14H2,(H2,21,26). The lowest BCUT2D eigenvalue weighted by Gasteiger charge is -2.37. The van der Waals surface area contributed by atoms with Crippen LogP contribution < -0.4 is 15.2 Å². The van der Waals surface area contributed by atoms with Crippen molar-refractivity contribution in [3.8, 4) is 11.5 Å². The van der Waals surface area contributed by atoms with Crippen molar-refractivity contribution >= 4 is 11.8 Å². The van der Waals surface area contributed by atoms with Crippen molar-refractivity contribution in [2.75, 3.05) is 52.6 Å². The number of primary amides is 1. The molecule has 2 saturated heterocycles. The molecule has 28 heavy (non-hydrogen) atoms. The Balaban J connectivity index is 1.21. The second-order valence-corrected chi connectivity index (χ2v) is 7.80. The van der Waals surface area contributed by atoms with Crippen molar-refractivity contribution in [2.45, 2.75) is 19.4 Å². The molecular formula is C20H28N4O4. The van der Waals surface area contributed by atoms with Crippen molar-refractivity contribution in [2.24, 2.45) is 11.7 Å². The van der Waals surface area contributed by atoms with Crippen LogP contribution in [0.4, 0.5) is 0 Å². The summed E-state index contributed by atoms with van der Waals surface area (Å²) in [5.41, 5.74) is 6.57. The number of amides is 2. The van der Waals surface area contributed by atoms with Crippen LogP contribution in [0.1, 0.15) is 18.4 Å². The van der Waals surface area contributed by atoms with E-state index in [1.165, 1.54) is 5.56 Å². The number of ether oxygens (including phenoxy) is 2. The highest BCUT2D eigenvalue weighted by molar-refractivity contribution is 5.79. The monoisotopic (exact) mass is 388 g/mol. The van der Waals surface area contributed by atoms with Gasteiger partial charge in [-0.1, -0.05) is 6.07 Å². The largest absolute Gasteiger partial charge is 0.454 e. The fourth-order valence-corrected chi connectivity index (χ4v) is 4.12. The zero-order valence-corrected chi connectivity index (χ0v) is 16.1. The normalized spacial score (nSPS) is 21.1. The van der Waals surface area contributed by atoms with Crippen LogP contribution in [0.5, 0.6) is 11.5 Å². The molecule has 3 heterocycles. The highest BCUT2D eigenvalue weighted by Crippen LogP contribution is 2.32. The summed E-state index contributed by atoms with van der Waals surface area (Å²) in [6.45, 7) is 6.34. The first-order valence-corrected chi connectivity index (χ1v) is 9.99. The Kier molecular flexibility index (Phi) is 5.68. The van der Waals surface area contributed by atoms with E-state index in [4.69, 9.17) is 15.2 Å². The number of piperazine rings is 1. The molecule has 1 aromatic rings. The molecule has 2 fully saturated rings. The molecule has 0 saturated carbocycles. The zero-order valence-electron chi connectivity index (χ0n) is 16.1. The minimum atomic E-state index is -0.218. The van der Waals surface area contributed by atoms with Crippen molar-refractivity contribution in [1.29, 1.82) is 0 Å². The number of piperidine rings is 1. The Morgan fingerprint density at radius 2 is 1.68 bits per heavy atom. The second-order valence-electron chi connectivity index (χ2n) is 7.80. The van der Waals surface area contributed by atoms with E-state index >= 15 is 0 Å². The lowest BCUT2D eigenvalue weighted by Crippen LogP contribution is -2.51. The first-order chi connectivity index (χ1) is 13.6. The van der Waals surface area contributed by atoms with Crippen molar-refractivity contribution < 1.29 is 19.1 Å². The fourth-order valence-electron chi connectivity index (χ4n) is 4.12. The van der Waals surface area contributed by atoms with Gasteiger partial charge >= 0.3 is 0 Å². The molecule has 0 aromatic heterocycles. The molecule has 0 spiro atoms. The van der Waals surface area contributed by atoms with Crippen LogP contribution in [0.25, 0.3) is 0 Å². The Morgan fingerprint density at radius 1 is 0.964 bits per heavy atom. The molecule has 3 aliphatic heterocycles. The maximum absolute atomic E-state index is 12.6. The first kappa shape index (κ1) is 19.0. The molecule has 152 valence electrons. The van der Waals surface area contributed by atoms with Gasteiger partial charge in [-0.05, 0) is 43.6 Å². The number of likely N-dealkylation sites (tertiary alicyclic amines) is 1. The molecule has 0 unspecified atom stereocenters. The van der Waals surface area contributed by atoms with Crippen LogP contribution in [0.15, 0.2) is 18.2 Å². The molecule has 0 atom stereocenters. The number of hydrogen-bond donors (Lipinski definition) is 1. The Hall–Kier alpha value is -2.32. The predicted octanol–water partition coefficient (Wildman–Crippen LogP) is 0.257. The number of fused-ring (bicyclic) bond motifs is 1. The van der Waals surface area contributed by atoms with E-state index in [-0.39, 0.29) is 17.7 Å². The number of nitrogens with zero attached hydrogens (tertiary/aromatic N) is 3. The Labute approximate surface area is 165 Å². The van der Waals surface area contributed by atoms with Gasteiger partial charge in [0, 0.05) is 38.6 Å². The van der Waals surface area contributed by atoms with Gasteiger partial charge in [0.1, 0.15) is 0 Å². The van der Waals surface area contributed by atoms with Gasteiger partial charge in [0.25, 0.3) is 0 Å². The minimum absolute atomic E-state index is 0.0360. The number of rotatable bonds is 5. The van der Waals surface area contributed by atoms with E-state index in [0.717, 1.165) is 70.2 Å². The third-order valence-corrected chi connectivity index (χ3v) is 5.92. The smallest absolute Gasteiger partial charge is 0.236 e. The van der Waals surface area contributed by atoms with Gasteiger partial charge in [-0.25, -0.2) is 0 Å². The molecule has 0 bridgehead atoms. The third kappa shape index (κ3) is 4.39. The van der Waals surface area contributed by atoms with Crippen LogP contribution in [0.2, 0.25) is 0 Å². The van der Waals surface area contributed by atoms with E-state index in [0.29, 0.717) is 13.3 Å². The summed E-state index contributed by atoms with van der Waals surface area (Å²) in [7, 11) is 0. The van der Waals surface area contributed by atoms with E-state index in [1.807, 2.05) is 17.0 Å². The van der Waals surface area contributed by atoms with Gasteiger partial charge < -0.3 is 20.1 Å². The van der Waals surface area contributed by atoms with Crippen LogP contribution in [0, 0.1) is 5.92 Å². The molecule has 0 radical (unpaired) electrons. The van der Waals surface area contributed by atoms with Crippen molar-refractivity contribution in [3.63, 3.8) is 0 Å². The van der Waals surface area contributed by atoms with E-state index in [1.54, 1.807) is 0 Å². The third-order valence-electron chi connectivity index (χ3n) is 5.92. The van der Waals surface area contributed by atoms with Gasteiger partial charge in [0.05, 0.1) is 6.54 Å². The van der Waals surface area contributed by atoms with Crippen molar-refractivity contribution in [1.82, 2.24) is 14.7 Å². The minimum Gasteiger partial charge on any atom is -0.454 e. The lowest BCUT2D eigenvalue weighted by atomic mass is 9.96. The number of carbonyl (C=O) groups is 2. The molecule has 3 aliphatic rings. The molecule has 2 N–H and O–H groups in total. The summed E-state index contributed by atoms with van der Waals surface area (Å²) < 4.78 is 10.8. The predicted molar refractivity (Wildman–Crippen MR) is 103 cm³/mol. The van der Waals surface area contributed by atoms with Gasteiger partial charge in [-0.2, -0.15) is 0 Å². The van der Waals surface area contributed by atoms with E-state index in [9.17, 15) is 9.59 Å². The number of hydrogen-bond acceptors (Lipinski definition) is 6. The number of carbonyl (C=O) groups excluding carboxylic acids is 2. The average Bonchev–Trinajstić information content (AvgIpc) is 3.17. The van der Waals surface area contributed by atoms with Crippen LogP contribution in [-0.4, -0.2) is 79.1 Å². The quantitative estimate of drug-likeness (QED) is 0.778. The summed E-state index contributed by atoms with van der Waals surface area (Å²) in [6, 6.07) is 6.06. The Bertz CT molecular complexity index is 725. The molecule has 0 aliphatic carbocycles.